The highest BCUT2D eigenvalue weighted by atomic mass is 16.5. The van der Waals surface area contributed by atoms with Crippen molar-refractivity contribution >= 4 is 5.91 Å². The number of hydrogen-bond donors (Lipinski definition) is 2. The predicted molar refractivity (Wildman–Crippen MR) is 46.8 cm³/mol. The van der Waals surface area contributed by atoms with Crippen LogP contribution in [0.2, 0.25) is 0 Å². The standard InChI is InChI=1S/C9H13NO3/c1-2-3-8(12)10-4-9(5-11)6-13-7-9/h11H,4-7H2,1H3,(H,10,12). The Morgan fingerprint density at radius 3 is 2.77 bits per heavy atom. The SMILES string of the molecule is CC#CC(=O)NCC1(CO)COC1. The Hall–Kier alpha value is -1.05. The fourth-order valence-corrected chi connectivity index (χ4v) is 1.07. The third-order valence-corrected chi connectivity index (χ3v) is 2.01. The van der Waals surface area contributed by atoms with Crippen molar-refractivity contribution in [1.82, 2.24) is 5.32 Å². The molecule has 4 nitrogen and oxygen atoms in total. The van der Waals surface area contributed by atoms with Crippen molar-refractivity contribution in [2.45, 2.75) is 6.92 Å². The van der Waals surface area contributed by atoms with E-state index in [0.29, 0.717) is 19.8 Å². The third-order valence-electron chi connectivity index (χ3n) is 2.01. The Morgan fingerprint density at radius 2 is 2.38 bits per heavy atom. The summed E-state index contributed by atoms with van der Waals surface area (Å²) in [6, 6.07) is 0. The van der Waals surface area contributed by atoms with E-state index in [1.54, 1.807) is 6.92 Å². The molecule has 1 saturated heterocycles. The van der Waals surface area contributed by atoms with Crippen LogP contribution in [-0.2, 0) is 9.53 Å². The van der Waals surface area contributed by atoms with E-state index in [-0.39, 0.29) is 17.9 Å². The average Bonchev–Trinajstić information content (AvgIpc) is 2.04. The molecule has 0 aromatic rings. The summed E-state index contributed by atoms with van der Waals surface area (Å²) >= 11 is 0. The minimum atomic E-state index is -0.303. The molecular formula is C9H13NO3. The number of carbonyl (C=O) groups excluding carboxylic acids is 1. The first-order chi connectivity index (χ1) is 6.22. The molecule has 0 atom stereocenters. The number of nitrogens with one attached hydrogen (secondary N) is 1. The molecular weight excluding hydrogens is 170 g/mol. The highest BCUT2D eigenvalue weighted by molar-refractivity contribution is 5.93. The van der Waals surface area contributed by atoms with E-state index in [9.17, 15) is 4.79 Å². The number of aliphatic hydroxyl groups excluding tert-OH is 1. The van der Waals surface area contributed by atoms with E-state index in [1.165, 1.54) is 0 Å². The van der Waals surface area contributed by atoms with Gasteiger partial charge in [0.2, 0.25) is 0 Å². The second-order valence-corrected chi connectivity index (χ2v) is 3.21. The van der Waals surface area contributed by atoms with Gasteiger partial charge in [-0.05, 0) is 12.8 Å². The van der Waals surface area contributed by atoms with Crippen molar-refractivity contribution in [2.75, 3.05) is 26.4 Å². The van der Waals surface area contributed by atoms with Crippen molar-refractivity contribution in [3.8, 4) is 11.8 Å². The molecule has 0 aromatic heterocycles. The topological polar surface area (TPSA) is 58.6 Å². The van der Waals surface area contributed by atoms with Gasteiger partial charge in [0, 0.05) is 6.54 Å². The normalized spacial score (nSPS) is 18.0. The predicted octanol–water partition coefficient (Wildman–Crippen LogP) is -0.865. The van der Waals surface area contributed by atoms with Crippen LogP contribution in [0.4, 0.5) is 0 Å². The Balaban J connectivity index is 2.31. The van der Waals surface area contributed by atoms with Gasteiger partial charge in [-0.3, -0.25) is 4.79 Å². The first kappa shape index (κ1) is 10.0. The molecule has 0 saturated carbocycles. The van der Waals surface area contributed by atoms with Gasteiger partial charge in [0.25, 0.3) is 5.91 Å². The Bertz CT molecular complexity index is 242. The van der Waals surface area contributed by atoms with E-state index < -0.39 is 0 Å². The zero-order valence-electron chi connectivity index (χ0n) is 7.59. The molecule has 1 amide bonds. The highest BCUT2D eigenvalue weighted by Gasteiger charge is 2.38. The summed E-state index contributed by atoms with van der Waals surface area (Å²) in [5.74, 6) is 4.57. The van der Waals surface area contributed by atoms with Crippen LogP contribution >= 0.6 is 0 Å². The molecule has 0 spiro atoms. The minimum Gasteiger partial charge on any atom is -0.396 e. The average molecular weight is 183 g/mol. The van der Waals surface area contributed by atoms with Crippen molar-refractivity contribution in [2.24, 2.45) is 5.41 Å². The van der Waals surface area contributed by atoms with Gasteiger partial charge in [0.1, 0.15) is 0 Å². The number of ether oxygens (including phenoxy) is 1. The van der Waals surface area contributed by atoms with E-state index in [1.807, 2.05) is 0 Å². The van der Waals surface area contributed by atoms with Crippen LogP contribution in [0.1, 0.15) is 6.92 Å². The summed E-state index contributed by atoms with van der Waals surface area (Å²) in [5, 5.41) is 11.6. The zero-order chi connectivity index (χ0) is 9.73. The Kier molecular flexibility index (Phi) is 3.29. The highest BCUT2D eigenvalue weighted by Crippen LogP contribution is 2.25. The molecule has 1 rings (SSSR count). The first-order valence-electron chi connectivity index (χ1n) is 4.12. The molecule has 2 N–H and O–H groups in total. The van der Waals surface area contributed by atoms with Gasteiger partial charge in [0.15, 0.2) is 0 Å². The molecule has 1 aliphatic heterocycles. The monoisotopic (exact) mass is 183 g/mol. The second-order valence-electron chi connectivity index (χ2n) is 3.21. The van der Waals surface area contributed by atoms with Crippen LogP contribution in [-0.4, -0.2) is 37.4 Å². The van der Waals surface area contributed by atoms with Gasteiger partial charge in [-0.2, -0.15) is 0 Å². The summed E-state index contributed by atoms with van der Waals surface area (Å²) < 4.78 is 4.97. The maximum absolute atomic E-state index is 10.9. The van der Waals surface area contributed by atoms with Crippen LogP contribution in [0.3, 0.4) is 0 Å². The number of rotatable bonds is 3. The zero-order valence-corrected chi connectivity index (χ0v) is 7.59. The lowest BCUT2D eigenvalue weighted by molar-refractivity contribution is -0.138. The lowest BCUT2D eigenvalue weighted by Crippen LogP contribution is -2.53. The summed E-state index contributed by atoms with van der Waals surface area (Å²) in [6.45, 7) is 3.07. The number of carbonyl (C=O) groups is 1. The maximum atomic E-state index is 10.9. The van der Waals surface area contributed by atoms with E-state index in [0.717, 1.165) is 0 Å². The molecule has 1 aliphatic rings. The largest absolute Gasteiger partial charge is 0.396 e. The van der Waals surface area contributed by atoms with Gasteiger partial charge in [-0.1, -0.05) is 5.92 Å². The minimum absolute atomic E-state index is 0.0346. The lowest BCUT2D eigenvalue weighted by Gasteiger charge is -2.39. The number of amides is 1. The molecule has 0 radical (unpaired) electrons. The molecule has 4 heteroatoms. The summed E-state index contributed by atoms with van der Waals surface area (Å²) in [6.07, 6.45) is 0. The molecule has 1 heterocycles. The summed E-state index contributed by atoms with van der Waals surface area (Å²) in [4.78, 5) is 10.9. The van der Waals surface area contributed by atoms with Crippen molar-refractivity contribution < 1.29 is 14.6 Å². The van der Waals surface area contributed by atoms with Gasteiger partial charge in [-0.15, -0.1) is 0 Å². The van der Waals surface area contributed by atoms with Crippen LogP contribution in [0.15, 0.2) is 0 Å². The van der Waals surface area contributed by atoms with Crippen molar-refractivity contribution in [1.29, 1.82) is 0 Å². The molecule has 1 fully saturated rings. The molecule has 0 aliphatic carbocycles. The molecule has 0 unspecified atom stereocenters. The van der Waals surface area contributed by atoms with E-state index in [2.05, 4.69) is 17.2 Å². The quantitative estimate of drug-likeness (QED) is 0.559. The number of aliphatic hydroxyl groups is 1. The van der Waals surface area contributed by atoms with Crippen molar-refractivity contribution in [3.05, 3.63) is 0 Å². The molecule has 0 bridgehead atoms. The second kappa shape index (κ2) is 4.26. The van der Waals surface area contributed by atoms with Gasteiger partial charge < -0.3 is 15.2 Å². The first-order valence-corrected chi connectivity index (χ1v) is 4.12. The summed E-state index contributed by atoms with van der Waals surface area (Å²) in [7, 11) is 0. The lowest BCUT2D eigenvalue weighted by atomic mass is 9.87. The third kappa shape index (κ3) is 2.44. The van der Waals surface area contributed by atoms with Crippen LogP contribution in [0.5, 0.6) is 0 Å². The maximum Gasteiger partial charge on any atom is 0.295 e. The van der Waals surface area contributed by atoms with Crippen LogP contribution < -0.4 is 5.32 Å². The van der Waals surface area contributed by atoms with E-state index >= 15 is 0 Å². The van der Waals surface area contributed by atoms with Gasteiger partial charge in [-0.25, -0.2) is 0 Å². The Morgan fingerprint density at radius 1 is 1.69 bits per heavy atom. The molecule has 72 valence electrons. The smallest absolute Gasteiger partial charge is 0.295 e. The Labute approximate surface area is 77.3 Å². The molecule has 13 heavy (non-hydrogen) atoms. The van der Waals surface area contributed by atoms with Gasteiger partial charge >= 0.3 is 0 Å². The van der Waals surface area contributed by atoms with Crippen LogP contribution in [0.25, 0.3) is 0 Å². The fourth-order valence-electron chi connectivity index (χ4n) is 1.07. The molecule has 0 aromatic carbocycles. The van der Waals surface area contributed by atoms with E-state index in [4.69, 9.17) is 9.84 Å². The van der Waals surface area contributed by atoms with Crippen LogP contribution in [0, 0.1) is 17.3 Å². The number of hydrogen-bond acceptors (Lipinski definition) is 3. The summed E-state index contributed by atoms with van der Waals surface area (Å²) in [5.41, 5.74) is -0.273. The fraction of sp³-hybridized carbons (Fsp3) is 0.667. The van der Waals surface area contributed by atoms with Gasteiger partial charge in [0.05, 0.1) is 25.2 Å². The van der Waals surface area contributed by atoms with Crippen molar-refractivity contribution in [3.63, 3.8) is 0 Å².